The highest BCUT2D eigenvalue weighted by atomic mass is 16.1. The summed E-state index contributed by atoms with van der Waals surface area (Å²) in [5.74, 6) is 0.0383. The molecule has 0 aromatic heterocycles. The van der Waals surface area contributed by atoms with E-state index in [0.29, 0.717) is 6.54 Å². The van der Waals surface area contributed by atoms with Gasteiger partial charge in [-0.25, -0.2) is 0 Å². The van der Waals surface area contributed by atoms with Crippen LogP contribution < -0.4 is 10.6 Å². The Bertz CT molecular complexity index is 439. The van der Waals surface area contributed by atoms with Crippen molar-refractivity contribution in [3.63, 3.8) is 0 Å². The van der Waals surface area contributed by atoms with Crippen LogP contribution in [0.1, 0.15) is 21.5 Å². The van der Waals surface area contributed by atoms with Crippen LogP contribution in [0.2, 0.25) is 0 Å². The zero-order valence-corrected chi connectivity index (χ0v) is 11.8. The Balaban J connectivity index is 1.82. The van der Waals surface area contributed by atoms with Crippen molar-refractivity contribution in [2.45, 2.75) is 13.8 Å². The van der Waals surface area contributed by atoms with E-state index in [9.17, 15) is 4.79 Å². The average molecular weight is 261 g/mol. The molecule has 0 spiro atoms. The van der Waals surface area contributed by atoms with E-state index in [0.717, 1.165) is 49.4 Å². The summed E-state index contributed by atoms with van der Waals surface area (Å²) < 4.78 is 0. The maximum Gasteiger partial charge on any atom is 0.251 e. The molecule has 0 aliphatic carbocycles. The van der Waals surface area contributed by atoms with Crippen molar-refractivity contribution < 1.29 is 4.79 Å². The van der Waals surface area contributed by atoms with E-state index in [-0.39, 0.29) is 5.91 Å². The van der Waals surface area contributed by atoms with E-state index in [4.69, 9.17) is 0 Å². The van der Waals surface area contributed by atoms with Crippen LogP contribution in [-0.2, 0) is 0 Å². The highest BCUT2D eigenvalue weighted by Gasteiger charge is 2.11. The zero-order chi connectivity index (χ0) is 13.7. The first kappa shape index (κ1) is 14.0. The second kappa shape index (κ2) is 6.68. The van der Waals surface area contributed by atoms with Gasteiger partial charge in [-0.1, -0.05) is 12.1 Å². The molecule has 1 aliphatic heterocycles. The molecule has 1 amide bonds. The Hall–Kier alpha value is -1.39. The standard InChI is InChI=1S/C15H23N3O/c1-12-4-3-5-14(13(12)2)15(19)17-8-11-18-9-6-16-7-10-18/h3-5,16H,6-11H2,1-2H3,(H,17,19). The molecule has 1 aromatic rings. The first-order valence-corrected chi connectivity index (χ1v) is 6.96. The number of hydrogen-bond donors (Lipinski definition) is 2. The molecule has 0 saturated carbocycles. The predicted octanol–water partition coefficient (Wildman–Crippen LogP) is 0.938. The number of piperazine rings is 1. The van der Waals surface area contributed by atoms with E-state index in [1.807, 2.05) is 32.0 Å². The normalized spacial score (nSPS) is 16.3. The lowest BCUT2D eigenvalue weighted by atomic mass is 10.0. The summed E-state index contributed by atoms with van der Waals surface area (Å²) in [5.41, 5.74) is 3.03. The van der Waals surface area contributed by atoms with E-state index in [2.05, 4.69) is 15.5 Å². The van der Waals surface area contributed by atoms with Crippen LogP contribution in [0.25, 0.3) is 0 Å². The minimum atomic E-state index is 0.0383. The van der Waals surface area contributed by atoms with Gasteiger partial charge in [0.2, 0.25) is 0 Å². The molecule has 4 nitrogen and oxygen atoms in total. The summed E-state index contributed by atoms with van der Waals surface area (Å²) in [6.45, 7) is 9.91. The van der Waals surface area contributed by atoms with Gasteiger partial charge in [-0.05, 0) is 31.0 Å². The van der Waals surface area contributed by atoms with Gasteiger partial charge in [0.25, 0.3) is 5.91 Å². The SMILES string of the molecule is Cc1cccc(C(=O)NCCN2CCNCC2)c1C. The van der Waals surface area contributed by atoms with E-state index >= 15 is 0 Å². The van der Waals surface area contributed by atoms with Crippen molar-refractivity contribution in [3.05, 3.63) is 34.9 Å². The number of nitrogens with one attached hydrogen (secondary N) is 2. The van der Waals surface area contributed by atoms with Gasteiger partial charge < -0.3 is 10.6 Å². The van der Waals surface area contributed by atoms with E-state index < -0.39 is 0 Å². The van der Waals surface area contributed by atoms with E-state index in [1.54, 1.807) is 0 Å². The summed E-state index contributed by atoms with van der Waals surface area (Å²) in [7, 11) is 0. The Labute approximate surface area is 115 Å². The molecule has 0 bridgehead atoms. The number of carbonyl (C=O) groups is 1. The Morgan fingerprint density at radius 1 is 1.32 bits per heavy atom. The Morgan fingerprint density at radius 3 is 2.79 bits per heavy atom. The van der Waals surface area contributed by atoms with Crippen molar-refractivity contribution in [1.29, 1.82) is 0 Å². The molecule has 2 rings (SSSR count). The smallest absolute Gasteiger partial charge is 0.251 e. The molecular formula is C15H23N3O. The van der Waals surface area contributed by atoms with Crippen molar-refractivity contribution in [2.75, 3.05) is 39.3 Å². The van der Waals surface area contributed by atoms with Gasteiger partial charge in [0.15, 0.2) is 0 Å². The van der Waals surface area contributed by atoms with Gasteiger partial charge in [0.1, 0.15) is 0 Å². The van der Waals surface area contributed by atoms with Crippen molar-refractivity contribution in [3.8, 4) is 0 Å². The van der Waals surface area contributed by atoms with Crippen LogP contribution in [0, 0.1) is 13.8 Å². The molecule has 1 saturated heterocycles. The number of amides is 1. The number of carbonyl (C=O) groups excluding carboxylic acids is 1. The third-order valence-electron chi connectivity index (χ3n) is 3.77. The first-order valence-electron chi connectivity index (χ1n) is 6.96. The van der Waals surface area contributed by atoms with Gasteiger partial charge in [-0.2, -0.15) is 0 Å². The van der Waals surface area contributed by atoms with Gasteiger partial charge in [-0.15, -0.1) is 0 Å². The van der Waals surface area contributed by atoms with Crippen LogP contribution >= 0.6 is 0 Å². The monoisotopic (exact) mass is 261 g/mol. The molecule has 1 aliphatic rings. The summed E-state index contributed by atoms with van der Waals surface area (Å²) in [5, 5.41) is 6.34. The van der Waals surface area contributed by atoms with Crippen LogP contribution in [0.3, 0.4) is 0 Å². The molecular weight excluding hydrogens is 238 g/mol. The maximum absolute atomic E-state index is 12.1. The first-order chi connectivity index (χ1) is 9.18. The number of benzene rings is 1. The number of hydrogen-bond acceptors (Lipinski definition) is 3. The lowest BCUT2D eigenvalue weighted by molar-refractivity contribution is 0.0946. The van der Waals surface area contributed by atoms with Crippen molar-refractivity contribution in [1.82, 2.24) is 15.5 Å². The van der Waals surface area contributed by atoms with E-state index in [1.165, 1.54) is 0 Å². The second-order valence-electron chi connectivity index (χ2n) is 5.10. The van der Waals surface area contributed by atoms with Crippen molar-refractivity contribution in [2.24, 2.45) is 0 Å². The second-order valence-corrected chi connectivity index (χ2v) is 5.10. The minimum Gasteiger partial charge on any atom is -0.351 e. The largest absolute Gasteiger partial charge is 0.351 e. The zero-order valence-electron chi connectivity index (χ0n) is 11.8. The van der Waals surface area contributed by atoms with Crippen molar-refractivity contribution >= 4 is 5.91 Å². The fourth-order valence-electron chi connectivity index (χ4n) is 2.35. The summed E-state index contributed by atoms with van der Waals surface area (Å²) in [6, 6.07) is 5.86. The summed E-state index contributed by atoms with van der Waals surface area (Å²) in [6.07, 6.45) is 0. The van der Waals surface area contributed by atoms with Crippen LogP contribution in [0.5, 0.6) is 0 Å². The topological polar surface area (TPSA) is 44.4 Å². The molecule has 0 unspecified atom stereocenters. The summed E-state index contributed by atoms with van der Waals surface area (Å²) in [4.78, 5) is 14.5. The highest BCUT2D eigenvalue weighted by Crippen LogP contribution is 2.12. The van der Waals surface area contributed by atoms with Gasteiger partial charge in [-0.3, -0.25) is 9.69 Å². The van der Waals surface area contributed by atoms with Gasteiger partial charge in [0, 0.05) is 44.8 Å². The third kappa shape index (κ3) is 3.78. The molecule has 19 heavy (non-hydrogen) atoms. The van der Waals surface area contributed by atoms with Gasteiger partial charge in [0.05, 0.1) is 0 Å². The molecule has 1 fully saturated rings. The fourth-order valence-corrected chi connectivity index (χ4v) is 2.35. The lowest BCUT2D eigenvalue weighted by Gasteiger charge is -2.27. The minimum absolute atomic E-state index is 0.0383. The fraction of sp³-hybridized carbons (Fsp3) is 0.533. The molecule has 1 aromatic carbocycles. The molecule has 1 heterocycles. The Morgan fingerprint density at radius 2 is 2.05 bits per heavy atom. The summed E-state index contributed by atoms with van der Waals surface area (Å²) >= 11 is 0. The third-order valence-corrected chi connectivity index (χ3v) is 3.77. The number of nitrogens with zero attached hydrogens (tertiary/aromatic N) is 1. The lowest BCUT2D eigenvalue weighted by Crippen LogP contribution is -2.46. The number of aryl methyl sites for hydroxylation is 1. The number of rotatable bonds is 4. The molecule has 104 valence electrons. The molecule has 4 heteroatoms. The predicted molar refractivity (Wildman–Crippen MR) is 77.6 cm³/mol. The van der Waals surface area contributed by atoms with Crippen LogP contribution in [-0.4, -0.2) is 50.1 Å². The maximum atomic E-state index is 12.1. The van der Waals surface area contributed by atoms with Crippen LogP contribution in [0.4, 0.5) is 0 Å². The van der Waals surface area contributed by atoms with Gasteiger partial charge >= 0.3 is 0 Å². The van der Waals surface area contributed by atoms with Crippen LogP contribution in [0.15, 0.2) is 18.2 Å². The molecule has 0 atom stereocenters. The average Bonchev–Trinajstić information content (AvgIpc) is 2.43. The molecule has 0 radical (unpaired) electrons. The highest BCUT2D eigenvalue weighted by molar-refractivity contribution is 5.95. The Kier molecular flexibility index (Phi) is 4.93. The quantitative estimate of drug-likeness (QED) is 0.848. The molecule has 2 N–H and O–H groups in total.